The molecule has 1 aromatic carbocycles. The summed E-state index contributed by atoms with van der Waals surface area (Å²) < 4.78 is 19.3. The van der Waals surface area contributed by atoms with Crippen molar-refractivity contribution in [2.24, 2.45) is 7.05 Å². The Morgan fingerprint density at radius 1 is 1.17 bits per heavy atom. The van der Waals surface area contributed by atoms with E-state index in [4.69, 9.17) is 0 Å². The minimum absolute atomic E-state index is 0.0935. The predicted molar refractivity (Wildman–Crippen MR) is 136 cm³/mol. The Kier molecular flexibility index (Phi) is 5.40. The van der Waals surface area contributed by atoms with Crippen LogP contribution in [0.15, 0.2) is 53.7 Å². The lowest BCUT2D eigenvalue weighted by molar-refractivity contribution is 0.219. The second-order valence-electron chi connectivity index (χ2n) is 10.4. The van der Waals surface area contributed by atoms with E-state index in [2.05, 4.69) is 20.9 Å². The Balaban J connectivity index is 1.43. The van der Waals surface area contributed by atoms with Crippen molar-refractivity contribution in [3.8, 4) is 5.69 Å². The number of hydrogen-bond donors (Lipinski definition) is 1. The van der Waals surface area contributed by atoms with Crippen molar-refractivity contribution in [2.45, 2.75) is 57.2 Å². The van der Waals surface area contributed by atoms with E-state index >= 15 is 4.39 Å². The van der Waals surface area contributed by atoms with Crippen LogP contribution in [0.1, 0.15) is 67.6 Å². The zero-order valence-corrected chi connectivity index (χ0v) is 20.4. The lowest BCUT2D eigenvalue weighted by Gasteiger charge is -2.25. The second-order valence-corrected chi connectivity index (χ2v) is 10.4. The standard InChI is InChI=1S/C28H32FN5O/c1-28(29,27-30-11-14-32(27)2)20-7-6-8-22(15-20)34-18-24(19-9-10-19)23-16-21(31-25(23)26(34)35)17-33-12-4-3-5-13-33/h6-8,11,14-16,18-19,31H,3-5,9-10,12-13,17H2,1-2H3. The minimum Gasteiger partial charge on any atom is -0.353 e. The summed E-state index contributed by atoms with van der Waals surface area (Å²) in [6.07, 6.45) is 11.4. The Hall–Kier alpha value is -3.19. The number of likely N-dealkylation sites (tertiary alicyclic amines) is 1. The normalized spacial score (nSPS) is 18.7. The quantitative estimate of drug-likeness (QED) is 0.421. The fraction of sp³-hybridized carbons (Fsp3) is 0.429. The van der Waals surface area contributed by atoms with Gasteiger partial charge in [-0.05, 0) is 80.9 Å². The van der Waals surface area contributed by atoms with Crippen molar-refractivity contribution in [2.75, 3.05) is 13.1 Å². The van der Waals surface area contributed by atoms with Crippen LogP contribution in [0.25, 0.3) is 16.6 Å². The Labute approximate surface area is 204 Å². The molecule has 1 atom stereocenters. The van der Waals surface area contributed by atoms with E-state index in [1.807, 2.05) is 18.3 Å². The molecule has 1 saturated heterocycles. The van der Waals surface area contributed by atoms with Crippen molar-refractivity contribution in [3.05, 3.63) is 81.9 Å². The maximum Gasteiger partial charge on any atom is 0.279 e. The first-order valence-electron chi connectivity index (χ1n) is 12.7. The van der Waals surface area contributed by atoms with Gasteiger partial charge in [-0.25, -0.2) is 9.37 Å². The van der Waals surface area contributed by atoms with Gasteiger partial charge in [-0.2, -0.15) is 0 Å². The molecule has 6 rings (SSSR count). The Morgan fingerprint density at radius 2 is 1.97 bits per heavy atom. The SMILES string of the molecule is Cn1ccnc1C(C)(F)c1cccc(-n2cc(C3CC3)c3cc(CN4CCCCC4)[nH]c3c2=O)c1. The molecule has 1 aliphatic carbocycles. The molecule has 1 saturated carbocycles. The molecule has 2 aliphatic rings. The maximum atomic E-state index is 16.0. The molecule has 182 valence electrons. The summed E-state index contributed by atoms with van der Waals surface area (Å²) >= 11 is 0. The molecule has 1 N–H and O–H groups in total. The number of H-pyrrole nitrogens is 1. The predicted octanol–water partition coefficient (Wildman–Crippen LogP) is 5.15. The van der Waals surface area contributed by atoms with E-state index in [1.165, 1.54) is 31.7 Å². The highest BCUT2D eigenvalue weighted by Crippen LogP contribution is 2.43. The monoisotopic (exact) mass is 473 g/mol. The van der Waals surface area contributed by atoms with Crippen LogP contribution >= 0.6 is 0 Å². The number of nitrogens with one attached hydrogen (secondary N) is 1. The molecule has 1 aliphatic heterocycles. The fourth-order valence-electron chi connectivity index (χ4n) is 5.54. The molecule has 7 heteroatoms. The number of aryl methyl sites for hydroxylation is 1. The number of aromatic amines is 1. The van der Waals surface area contributed by atoms with Crippen LogP contribution in [-0.2, 0) is 19.3 Å². The van der Waals surface area contributed by atoms with Crippen LogP contribution in [0.3, 0.4) is 0 Å². The van der Waals surface area contributed by atoms with Gasteiger partial charge in [0.25, 0.3) is 5.56 Å². The van der Waals surface area contributed by atoms with E-state index in [0.29, 0.717) is 28.5 Å². The molecule has 0 amide bonds. The van der Waals surface area contributed by atoms with E-state index < -0.39 is 5.67 Å². The van der Waals surface area contributed by atoms with Gasteiger partial charge in [0.15, 0.2) is 11.5 Å². The van der Waals surface area contributed by atoms with Gasteiger partial charge in [-0.1, -0.05) is 18.6 Å². The summed E-state index contributed by atoms with van der Waals surface area (Å²) in [5.41, 5.74) is 2.22. The number of imidazole rings is 1. The van der Waals surface area contributed by atoms with Gasteiger partial charge in [-0.3, -0.25) is 14.3 Å². The number of piperidine rings is 1. The summed E-state index contributed by atoms with van der Waals surface area (Å²) in [5.74, 6) is 0.813. The molecule has 0 bridgehead atoms. The Bertz CT molecular complexity index is 1440. The first-order chi connectivity index (χ1) is 16.9. The molecule has 35 heavy (non-hydrogen) atoms. The van der Waals surface area contributed by atoms with Gasteiger partial charge < -0.3 is 9.55 Å². The summed E-state index contributed by atoms with van der Waals surface area (Å²) in [6.45, 7) is 4.59. The third-order valence-electron chi connectivity index (χ3n) is 7.65. The highest BCUT2D eigenvalue weighted by molar-refractivity contribution is 5.84. The maximum absolute atomic E-state index is 16.0. The van der Waals surface area contributed by atoms with Crippen LogP contribution in [0.2, 0.25) is 0 Å². The zero-order valence-electron chi connectivity index (χ0n) is 20.4. The second kappa shape index (κ2) is 8.48. The summed E-state index contributed by atoms with van der Waals surface area (Å²) in [4.78, 5) is 23.8. The zero-order chi connectivity index (χ0) is 24.2. The van der Waals surface area contributed by atoms with Crippen molar-refractivity contribution < 1.29 is 4.39 Å². The molecular formula is C28H32FN5O. The summed E-state index contributed by atoms with van der Waals surface area (Å²) in [7, 11) is 1.79. The fourth-order valence-corrected chi connectivity index (χ4v) is 5.54. The average Bonchev–Trinajstić information content (AvgIpc) is 3.46. The van der Waals surface area contributed by atoms with Crippen molar-refractivity contribution in [3.63, 3.8) is 0 Å². The lowest BCUT2D eigenvalue weighted by atomic mass is 9.96. The molecule has 4 heterocycles. The third kappa shape index (κ3) is 4.01. The highest BCUT2D eigenvalue weighted by Gasteiger charge is 2.33. The van der Waals surface area contributed by atoms with Gasteiger partial charge in [0.1, 0.15) is 5.52 Å². The number of alkyl halides is 1. The largest absolute Gasteiger partial charge is 0.353 e. The van der Waals surface area contributed by atoms with E-state index in [1.54, 1.807) is 40.7 Å². The highest BCUT2D eigenvalue weighted by atomic mass is 19.1. The number of halogens is 1. The lowest BCUT2D eigenvalue weighted by Crippen LogP contribution is -2.29. The number of fused-ring (bicyclic) bond motifs is 1. The molecule has 4 aromatic rings. The van der Waals surface area contributed by atoms with Crippen LogP contribution in [-0.4, -0.2) is 37.1 Å². The molecule has 1 unspecified atom stereocenters. The number of benzene rings is 1. The molecule has 2 fully saturated rings. The summed E-state index contributed by atoms with van der Waals surface area (Å²) in [6, 6.07) is 9.40. The van der Waals surface area contributed by atoms with Gasteiger partial charge in [0, 0.05) is 49.0 Å². The van der Waals surface area contributed by atoms with Gasteiger partial charge in [0.2, 0.25) is 0 Å². The number of nitrogens with zero attached hydrogens (tertiary/aromatic N) is 4. The number of pyridine rings is 1. The van der Waals surface area contributed by atoms with Crippen LogP contribution in [0.5, 0.6) is 0 Å². The first kappa shape index (κ1) is 22.3. The minimum atomic E-state index is -1.78. The van der Waals surface area contributed by atoms with Crippen LogP contribution < -0.4 is 5.56 Å². The smallest absolute Gasteiger partial charge is 0.279 e. The Morgan fingerprint density at radius 3 is 2.69 bits per heavy atom. The van der Waals surface area contributed by atoms with E-state index in [0.717, 1.165) is 43.6 Å². The number of hydrogen-bond acceptors (Lipinski definition) is 3. The van der Waals surface area contributed by atoms with Gasteiger partial charge in [-0.15, -0.1) is 0 Å². The van der Waals surface area contributed by atoms with Crippen LogP contribution in [0, 0.1) is 0 Å². The average molecular weight is 474 g/mol. The van der Waals surface area contributed by atoms with E-state index in [9.17, 15) is 4.79 Å². The molecule has 0 spiro atoms. The number of rotatable bonds is 6. The van der Waals surface area contributed by atoms with Gasteiger partial charge in [0.05, 0.1) is 0 Å². The molecular weight excluding hydrogens is 441 g/mol. The van der Waals surface area contributed by atoms with Crippen LogP contribution in [0.4, 0.5) is 4.39 Å². The van der Waals surface area contributed by atoms with Crippen molar-refractivity contribution in [1.29, 1.82) is 0 Å². The van der Waals surface area contributed by atoms with Crippen molar-refractivity contribution in [1.82, 2.24) is 24.0 Å². The van der Waals surface area contributed by atoms with E-state index in [-0.39, 0.29) is 5.56 Å². The number of aromatic nitrogens is 4. The van der Waals surface area contributed by atoms with Crippen molar-refractivity contribution >= 4 is 10.9 Å². The topological polar surface area (TPSA) is 58.9 Å². The van der Waals surface area contributed by atoms with Gasteiger partial charge >= 0.3 is 0 Å². The third-order valence-corrected chi connectivity index (χ3v) is 7.65. The molecule has 0 radical (unpaired) electrons. The molecule has 3 aromatic heterocycles. The first-order valence-corrected chi connectivity index (χ1v) is 12.7. The molecule has 6 nitrogen and oxygen atoms in total. The summed E-state index contributed by atoms with van der Waals surface area (Å²) in [5, 5.41) is 1.04.